The van der Waals surface area contributed by atoms with Gasteiger partial charge in [0.2, 0.25) is 0 Å². The first-order valence-corrected chi connectivity index (χ1v) is 8.99. The van der Waals surface area contributed by atoms with E-state index in [1.807, 2.05) is 0 Å². The van der Waals surface area contributed by atoms with Gasteiger partial charge in [-0.3, -0.25) is 0 Å². The Bertz CT molecular complexity index is 93.1. The SMILES string of the molecule is CCCC[Se][C-]=C[Se]CCCC.[Cu+]. The zero-order chi connectivity index (χ0) is 9.07. The Balaban J connectivity index is 0. The quantitative estimate of drug-likeness (QED) is 0.354. The van der Waals surface area contributed by atoms with Gasteiger partial charge in [-0.05, 0) is 0 Å². The number of hydrogen-bond acceptors (Lipinski definition) is 0. The molecule has 0 nitrogen and oxygen atoms in total. The van der Waals surface area contributed by atoms with Gasteiger partial charge in [0, 0.05) is 0 Å². The minimum atomic E-state index is 0. The molecule has 0 aliphatic rings. The molecule has 0 aromatic rings. The molecule has 0 aliphatic heterocycles. The monoisotopic (exact) mass is 362 g/mol. The Morgan fingerprint density at radius 1 is 1.08 bits per heavy atom. The topological polar surface area (TPSA) is 0 Å². The Morgan fingerprint density at radius 2 is 1.69 bits per heavy atom. The summed E-state index contributed by atoms with van der Waals surface area (Å²) >= 11 is 1.44. The second-order valence-electron chi connectivity index (χ2n) is 2.66. The molecule has 0 unspecified atom stereocenters. The second-order valence-corrected chi connectivity index (χ2v) is 6.67. The van der Waals surface area contributed by atoms with Crippen LogP contribution in [-0.4, -0.2) is 29.9 Å². The largest absolute Gasteiger partial charge is 1.00 e. The summed E-state index contributed by atoms with van der Waals surface area (Å²) in [5.41, 5.74) is 0. The van der Waals surface area contributed by atoms with Gasteiger partial charge in [-0.2, -0.15) is 0 Å². The molecule has 0 atom stereocenters. The average molecular weight is 361 g/mol. The van der Waals surface area contributed by atoms with Crippen molar-refractivity contribution in [3.63, 3.8) is 0 Å². The van der Waals surface area contributed by atoms with Gasteiger partial charge in [0.05, 0.1) is 0 Å². The first-order valence-electron chi connectivity index (χ1n) is 4.72. The predicted octanol–water partition coefficient (Wildman–Crippen LogP) is 3.10. The van der Waals surface area contributed by atoms with Crippen molar-refractivity contribution in [3.05, 3.63) is 9.95 Å². The molecule has 0 N–H and O–H groups in total. The van der Waals surface area contributed by atoms with E-state index in [4.69, 9.17) is 0 Å². The van der Waals surface area contributed by atoms with E-state index in [9.17, 15) is 0 Å². The summed E-state index contributed by atoms with van der Waals surface area (Å²) in [6.45, 7) is 4.51. The van der Waals surface area contributed by atoms with Gasteiger partial charge in [0.25, 0.3) is 0 Å². The van der Waals surface area contributed by atoms with Crippen LogP contribution in [0, 0.1) is 4.97 Å². The van der Waals surface area contributed by atoms with Gasteiger partial charge in [-0.25, -0.2) is 0 Å². The Morgan fingerprint density at radius 3 is 2.31 bits per heavy atom. The average Bonchev–Trinajstić information content (AvgIpc) is 2.10. The van der Waals surface area contributed by atoms with Crippen LogP contribution < -0.4 is 0 Å². The molecule has 3 heteroatoms. The Hall–Kier alpha value is 1.30. The summed E-state index contributed by atoms with van der Waals surface area (Å²) in [7, 11) is 0. The predicted molar refractivity (Wildman–Crippen MR) is 58.8 cm³/mol. The molecule has 0 radical (unpaired) electrons. The molecular weight excluding hydrogens is 342 g/mol. The maximum Gasteiger partial charge on any atom is 1.00 e. The third-order valence-corrected chi connectivity index (χ3v) is 5.51. The minimum Gasteiger partial charge on any atom is 1.00 e. The van der Waals surface area contributed by atoms with Crippen LogP contribution in [0.25, 0.3) is 0 Å². The van der Waals surface area contributed by atoms with Gasteiger partial charge in [-0.1, -0.05) is 0 Å². The van der Waals surface area contributed by atoms with Gasteiger partial charge >= 0.3 is 107 Å². The van der Waals surface area contributed by atoms with Gasteiger partial charge in [0.15, 0.2) is 0 Å². The van der Waals surface area contributed by atoms with E-state index < -0.39 is 0 Å². The number of hydrogen-bond donors (Lipinski definition) is 0. The molecule has 0 saturated heterocycles. The summed E-state index contributed by atoms with van der Waals surface area (Å²) in [6, 6.07) is 0. The molecule has 82 valence electrons. The van der Waals surface area contributed by atoms with Crippen molar-refractivity contribution in [3.8, 4) is 0 Å². The van der Waals surface area contributed by atoms with E-state index in [0.29, 0.717) is 15.0 Å². The zero-order valence-corrected chi connectivity index (χ0v) is 12.8. The van der Waals surface area contributed by atoms with Crippen LogP contribution >= 0.6 is 0 Å². The number of rotatable bonds is 8. The van der Waals surface area contributed by atoms with Crippen molar-refractivity contribution < 1.29 is 17.1 Å². The first kappa shape index (κ1) is 16.7. The third-order valence-electron chi connectivity index (χ3n) is 1.43. The molecule has 0 aromatic carbocycles. The van der Waals surface area contributed by atoms with Crippen molar-refractivity contribution in [2.75, 3.05) is 0 Å². The summed E-state index contributed by atoms with van der Waals surface area (Å²) in [4.78, 5) is 5.76. The molecule has 0 rings (SSSR count). The molecule has 0 aliphatic carbocycles. The van der Waals surface area contributed by atoms with Gasteiger partial charge in [-0.15, -0.1) is 0 Å². The van der Waals surface area contributed by atoms with E-state index in [2.05, 4.69) is 23.8 Å². The first-order chi connectivity index (χ1) is 5.91. The second kappa shape index (κ2) is 15.8. The summed E-state index contributed by atoms with van der Waals surface area (Å²) < 4.78 is 0. The summed E-state index contributed by atoms with van der Waals surface area (Å²) in [6.07, 6.45) is 5.48. The minimum absolute atomic E-state index is 0. The number of unbranched alkanes of at least 4 members (excludes halogenated alkanes) is 2. The Kier molecular flexibility index (Phi) is 20.3. The molecule has 0 fully saturated rings. The maximum atomic E-state index is 3.44. The van der Waals surface area contributed by atoms with Crippen molar-refractivity contribution in [1.82, 2.24) is 0 Å². The van der Waals surface area contributed by atoms with Crippen LogP contribution in [0.2, 0.25) is 10.6 Å². The van der Waals surface area contributed by atoms with Crippen LogP contribution in [0.15, 0.2) is 4.97 Å². The van der Waals surface area contributed by atoms with Crippen LogP contribution in [0.5, 0.6) is 0 Å². The smallest absolute Gasteiger partial charge is 1.00 e. The molecule has 0 heterocycles. The molecule has 0 saturated carbocycles. The molecule has 13 heavy (non-hydrogen) atoms. The normalized spacial score (nSPS) is 10.3. The third kappa shape index (κ3) is 16.0. The van der Waals surface area contributed by atoms with E-state index in [1.54, 1.807) is 0 Å². The van der Waals surface area contributed by atoms with E-state index in [-0.39, 0.29) is 17.1 Å². The van der Waals surface area contributed by atoms with Crippen LogP contribution in [0.4, 0.5) is 0 Å². The summed E-state index contributed by atoms with van der Waals surface area (Å²) in [5.74, 6) is 0. The molecule has 0 spiro atoms. The van der Waals surface area contributed by atoms with Crippen molar-refractivity contribution in [2.24, 2.45) is 0 Å². The maximum absolute atomic E-state index is 3.44. The van der Waals surface area contributed by atoms with Gasteiger partial charge in [0.1, 0.15) is 0 Å². The summed E-state index contributed by atoms with van der Waals surface area (Å²) in [5, 5.41) is 2.81. The molecule has 0 bridgehead atoms. The van der Waals surface area contributed by atoms with E-state index in [0.717, 1.165) is 15.0 Å². The van der Waals surface area contributed by atoms with Crippen molar-refractivity contribution in [1.29, 1.82) is 0 Å². The van der Waals surface area contributed by atoms with Crippen molar-refractivity contribution >= 4 is 29.9 Å². The van der Waals surface area contributed by atoms with Crippen LogP contribution in [0.3, 0.4) is 0 Å². The molecule has 0 amide bonds. The fourth-order valence-electron chi connectivity index (χ4n) is 0.630. The van der Waals surface area contributed by atoms with E-state index in [1.165, 1.54) is 36.3 Å². The fraction of sp³-hybridized carbons (Fsp3) is 0.800. The van der Waals surface area contributed by atoms with Crippen LogP contribution in [-0.2, 0) is 17.1 Å². The molecule has 0 aromatic heterocycles. The van der Waals surface area contributed by atoms with Crippen molar-refractivity contribution in [2.45, 2.75) is 50.2 Å². The standard InChI is InChI=1S/C10H19Se2.Cu/c1-3-5-7-11-9-10-12-8-6-4-2;/h9H,3-8H2,1-2H3;/q-1;+1. The Labute approximate surface area is 106 Å². The zero-order valence-electron chi connectivity index (χ0n) is 8.44. The molecular formula is C10H19CuSe2. The van der Waals surface area contributed by atoms with Gasteiger partial charge < -0.3 is 0 Å². The van der Waals surface area contributed by atoms with E-state index >= 15 is 0 Å². The van der Waals surface area contributed by atoms with Crippen LogP contribution in [0.1, 0.15) is 39.5 Å². The fourth-order valence-corrected chi connectivity index (χ4v) is 4.76.